The van der Waals surface area contributed by atoms with Crippen molar-refractivity contribution in [2.75, 3.05) is 52.1 Å². The van der Waals surface area contributed by atoms with E-state index < -0.39 is 27.6 Å². The molecular weight excluding hydrogens is 546 g/mol. The second-order valence-corrected chi connectivity index (χ2v) is 15.6. The summed E-state index contributed by atoms with van der Waals surface area (Å²) in [6.45, 7) is 14.2. The van der Waals surface area contributed by atoms with Crippen LogP contribution in [-0.4, -0.2) is 103 Å². The first kappa shape index (κ1) is 32.3. The maximum atomic E-state index is 14.9. The first-order chi connectivity index (χ1) is 19.2. The first-order valence-corrected chi connectivity index (χ1v) is 17.2. The minimum atomic E-state index is -3.34. The Hall–Kier alpha value is -1.62. The molecule has 7 nitrogen and oxygen atoms in total. The van der Waals surface area contributed by atoms with Crippen LogP contribution in [0.3, 0.4) is 0 Å². The fourth-order valence-corrected chi connectivity index (χ4v) is 8.41. The molecule has 0 spiro atoms. The van der Waals surface area contributed by atoms with Crippen LogP contribution in [0.25, 0.3) is 0 Å². The number of carbonyl (C=O) groups is 1. The minimum Gasteiger partial charge on any atom is -0.340 e. The highest BCUT2D eigenvalue weighted by molar-refractivity contribution is 7.88. The third-order valence-corrected chi connectivity index (χ3v) is 11.0. The van der Waals surface area contributed by atoms with Crippen molar-refractivity contribution in [3.05, 3.63) is 35.4 Å². The van der Waals surface area contributed by atoms with E-state index in [2.05, 4.69) is 30.6 Å². The molecule has 0 bridgehead atoms. The van der Waals surface area contributed by atoms with Crippen molar-refractivity contribution in [2.24, 2.45) is 11.8 Å². The second kappa shape index (κ2) is 12.9. The molecule has 3 aliphatic rings. The third kappa shape index (κ3) is 7.67. The number of likely N-dealkylation sites (tertiary alicyclic amines) is 1. The molecule has 10 heteroatoms. The van der Waals surface area contributed by atoms with Crippen LogP contribution in [0, 0.1) is 23.5 Å². The van der Waals surface area contributed by atoms with Gasteiger partial charge in [-0.3, -0.25) is 14.6 Å². The number of carbonyl (C=O) groups excluding carboxylic acids is 1. The largest absolute Gasteiger partial charge is 0.340 e. The molecule has 232 valence electrons. The summed E-state index contributed by atoms with van der Waals surface area (Å²) in [6.07, 6.45) is 7.09. The normalized spacial score (nSPS) is 24.9. The van der Waals surface area contributed by atoms with Gasteiger partial charge in [0.1, 0.15) is 11.6 Å². The van der Waals surface area contributed by atoms with E-state index >= 15 is 0 Å². The number of amides is 1. The fraction of sp³-hybridized carbons (Fsp3) is 0.774. The summed E-state index contributed by atoms with van der Waals surface area (Å²) >= 11 is 0. The SMILES string of the molecule is CC(C)N(CC(C1CCCCC1)N1CCN(C(=O)[C@@H]2CN(C(C)(C)C)CC2c2ccc(F)cc2F)CC1)S(C)(=O)=O. The predicted molar refractivity (Wildman–Crippen MR) is 159 cm³/mol. The Labute approximate surface area is 246 Å². The van der Waals surface area contributed by atoms with Gasteiger partial charge < -0.3 is 4.90 Å². The molecule has 0 N–H and O–H groups in total. The van der Waals surface area contributed by atoms with Crippen LogP contribution < -0.4 is 0 Å². The van der Waals surface area contributed by atoms with Gasteiger partial charge in [-0.1, -0.05) is 25.3 Å². The van der Waals surface area contributed by atoms with E-state index in [-0.39, 0.29) is 29.4 Å². The zero-order chi connectivity index (χ0) is 30.1. The molecule has 2 aliphatic heterocycles. The quantitative estimate of drug-likeness (QED) is 0.441. The first-order valence-electron chi connectivity index (χ1n) is 15.4. The average molecular weight is 597 g/mol. The summed E-state index contributed by atoms with van der Waals surface area (Å²) in [5.41, 5.74) is 0.222. The summed E-state index contributed by atoms with van der Waals surface area (Å²) in [7, 11) is -3.34. The number of halogens is 2. The molecule has 1 aliphatic carbocycles. The summed E-state index contributed by atoms with van der Waals surface area (Å²) in [5.74, 6) is -1.49. The maximum absolute atomic E-state index is 14.9. The van der Waals surface area contributed by atoms with Crippen LogP contribution in [0.4, 0.5) is 8.78 Å². The zero-order valence-electron chi connectivity index (χ0n) is 25.8. The Balaban J connectivity index is 1.50. The number of rotatable bonds is 8. The van der Waals surface area contributed by atoms with Gasteiger partial charge in [0.2, 0.25) is 15.9 Å². The Bertz CT molecular complexity index is 1160. The molecule has 2 saturated heterocycles. The summed E-state index contributed by atoms with van der Waals surface area (Å²) < 4.78 is 55.6. The lowest BCUT2D eigenvalue weighted by molar-refractivity contribution is -0.138. The number of sulfonamides is 1. The van der Waals surface area contributed by atoms with E-state index in [0.29, 0.717) is 57.3 Å². The minimum absolute atomic E-state index is 0.0271. The van der Waals surface area contributed by atoms with Gasteiger partial charge in [-0.25, -0.2) is 17.2 Å². The van der Waals surface area contributed by atoms with Crippen molar-refractivity contribution in [3.8, 4) is 0 Å². The Morgan fingerprint density at radius 1 is 1.02 bits per heavy atom. The molecule has 41 heavy (non-hydrogen) atoms. The van der Waals surface area contributed by atoms with Crippen molar-refractivity contribution in [1.29, 1.82) is 0 Å². The van der Waals surface area contributed by atoms with Crippen LogP contribution in [-0.2, 0) is 14.8 Å². The number of hydrogen-bond donors (Lipinski definition) is 0. The topological polar surface area (TPSA) is 64.2 Å². The van der Waals surface area contributed by atoms with E-state index in [1.54, 1.807) is 4.31 Å². The molecule has 0 aromatic heterocycles. The highest BCUT2D eigenvalue weighted by Crippen LogP contribution is 2.39. The van der Waals surface area contributed by atoms with E-state index in [0.717, 1.165) is 18.9 Å². The zero-order valence-corrected chi connectivity index (χ0v) is 26.6. The molecule has 4 rings (SSSR count). The molecule has 2 unspecified atom stereocenters. The van der Waals surface area contributed by atoms with Gasteiger partial charge in [-0.2, -0.15) is 4.31 Å². The van der Waals surface area contributed by atoms with E-state index in [1.807, 2.05) is 18.7 Å². The Morgan fingerprint density at radius 3 is 2.20 bits per heavy atom. The summed E-state index contributed by atoms with van der Waals surface area (Å²) in [6, 6.07) is 3.69. The summed E-state index contributed by atoms with van der Waals surface area (Å²) in [5, 5.41) is 0. The van der Waals surface area contributed by atoms with E-state index in [1.165, 1.54) is 37.7 Å². The molecule has 1 amide bonds. The van der Waals surface area contributed by atoms with Gasteiger partial charge in [0, 0.05) is 75.4 Å². The van der Waals surface area contributed by atoms with E-state index in [4.69, 9.17) is 0 Å². The molecule has 3 atom stereocenters. The third-order valence-electron chi connectivity index (χ3n) is 9.61. The lowest BCUT2D eigenvalue weighted by Gasteiger charge is -2.45. The lowest BCUT2D eigenvalue weighted by atomic mass is 9.82. The monoisotopic (exact) mass is 596 g/mol. The lowest BCUT2D eigenvalue weighted by Crippen LogP contribution is -2.58. The van der Waals surface area contributed by atoms with Crippen LogP contribution in [0.15, 0.2) is 18.2 Å². The van der Waals surface area contributed by atoms with Gasteiger partial charge in [-0.05, 0) is 65.0 Å². The molecule has 1 saturated carbocycles. The van der Waals surface area contributed by atoms with Gasteiger partial charge in [0.25, 0.3) is 0 Å². The van der Waals surface area contributed by atoms with Crippen LogP contribution in [0.5, 0.6) is 0 Å². The second-order valence-electron chi connectivity index (χ2n) is 13.7. The fourth-order valence-electron chi connectivity index (χ4n) is 7.22. The van der Waals surface area contributed by atoms with Crippen molar-refractivity contribution in [3.63, 3.8) is 0 Å². The molecule has 2 heterocycles. The van der Waals surface area contributed by atoms with Gasteiger partial charge in [0.15, 0.2) is 0 Å². The Morgan fingerprint density at radius 2 is 1.66 bits per heavy atom. The number of hydrogen-bond acceptors (Lipinski definition) is 5. The van der Waals surface area contributed by atoms with Crippen LogP contribution in [0.1, 0.15) is 78.2 Å². The maximum Gasteiger partial charge on any atom is 0.227 e. The smallest absolute Gasteiger partial charge is 0.227 e. The van der Waals surface area contributed by atoms with Crippen molar-refractivity contribution >= 4 is 15.9 Å². The highest BCUT2D eigenvalue weighted by atomic mass is 32.2. The van der Waals surface area contributed by atoms with Crippen LogP contribution in [0.2, 0.25) is 0 Å². The van der Waals surface area contributed by atoms with Gasteiger partial charge in [0.05, 0.1) is 12.2 Å². The summed E-state index contributed by atoms with van der Waals surface area (Å²) in [4.78, 5) is 20.6. The highest BCUT2D eigenvalue weighted by Gasteiger charge is 2.45. The molecule has 1 aromatic rings. The van der Waals surface area contributed by atoms with Gasteiger partial charge >= 0.3 is 0 Å². The van der Waals surface area contributed by atoms with Crippen molar-refractivity contribution in [2.45, 2.75) is 90.3 Å². The Kier molecular flexibility index (Phi) is 10.2. The number of benzene rings is 1. The van der Waals surface area contributed by atoms with Crippen LogP contribution >= 0.6 is 0 Å². The molecule has 0 radical (unpaired) electrons. The standard InChI is InChI=1S/C31H50F2N4O3S/c1-22(2)37(41(6,39)40)21-29(23-10-8-7-9-11-23)34-14-16-35(17-15-34)30(38)27-20-36(31(3,4)5)19-26(27)25-13-12-24(32)18-28(25)33/h12-13,18,22-23,26-27,29H,7-11,14-17,19-21H2,1-6H3/t26?,27-,29?/m1/s1. The van der Waals surface area contributed by atoms with Crippen molar-refractivity contribution < 1.29 is 22.0 Å². The molecular formula is C31H50F2N4O3S. The van der Waals surface area contributed by atoms with Crippen molar-refractivity contribution in [1.82, 2.24) is 19.0 Å². The van der Waals surface area contributed by atoms with E-state index in [9.17, 15) is 22.0 Å². The van der Waals surface area contributed by atoms with Gasteiger partial charge in [-0.15, -0.1) is 0 Å². The molecule has 1 aromatic carbocycles. The number of piperazine rings is 1. The number of nitrogens with zero attached hydrogens (tertiary/aromatic N) is 4. The average Bonchev–Trinajstić information content (AvgIpc) is 3.34. The predicted octanol–water partition coefficient (Wildman–Crippen LogP) is 4.54. The molecule has 3 fully saturated rings.